The van der Waals surface area contributed by atoms with Gasteiger partial charge in [0.1, 0.15) is 0 Å². The minimum atomic E-state index is -5.59. The van der Waals surface area contributed by atoms with E-state index in [-0.39, 0.29) is 21.0 Å². The zero-order valence-corrected chi connectivity index (χ0v) is 15.7. The van der Waals surface area contributed by atoms with E-state index in [4.69, 9.17) is 0 Å². The van der Waals surface area contributed by atoms with Crippen molar-refractivity contribution in [2.45, 2.75) is 41.1 Å². The highest BCUT2D eigenvalue weighted by molar-refractivity contribution is 8.09. The monoisotopic (exact) mass is 428 g/mol. The van der Waals surface area contributed by atoms with Crippen LogP contribution >= 0.6 is 23.5 Å². The van der Waals surface area contributed by atoms with Gasteiger partial charge in [0.15, 0.2) is 0 Å². The van der Waals surface area contributed by atoms with E-state index in [1.807, 2.05) is 0 Å². The molecule has 2 N–H and O–H groups in total. The van der Waals surface area contributed by atoms with E-state index in [1.54, 1.807) is 0 Å². The van der Waals surface area contributed by atoms with Gasteiger partial charge in [-0.3, -0.25) is 0 Å². The molecule has 0 aromatic heterocycles. The lowest BCUT2D eigenvalue weighted by Crippen LogP contribution is -2.49. The van der Waals surface area contributed by atoms with E-state index in [1.165, 1.54) is 13.8 Å². The van der Waals surface area contributed by atoms with Crippen LogP contribution in [0.1, 0.15) is 13.8 Å². The maximum absolute atomic E-state index is 14.7. The summed E-state index contributed by atoms with van der Waals surface area (Å²) in [6.07, 6.45) is 2.23. The maximum atomic E-state index is 14.7. The normalized spacial score (nSPS) is 37.9. The van der Waals surface area contributed by atoms with E-state index in [2.05, 4.69) is 0 Å². The highest BCUT2D eigenvalue weighted by atomic mass is 32.2. The molecule has 0 aromatic carbocycles. The number of aliphatic hydroxyl groups is 2. The predicted octanol–water partition coefficient (Wildman–Crippen LogP) is 4.28. The highest BCUT2D eigenvalue weighted by Gasteiger charge is 2.84. The van der Waals surface area contributed by atoms with Crippen LogP contribution in [-0.4, -0.2) is 50.7 Å². The molecule has 2 heterocycles. The van der Waals surface area contributed by atoms with Crippen molar-refractivity contribution in [3.63, 3.8) is 0 Å². The van der Waals surface area contributed by atoms with Gasteiger partial charge in [0.05, 0.1) is 22.7 Å². The molecular weight excluding hydrogens is 414 g/mol. The fraction of sp³-hybridized carbons (Fsp3) is 0.529. The van der Waals surface area contributed by atoms with Crippen LogP contribution in [0, 0.1) is 0 Å². The minimum Gasteiger partial charge on any atom is -0.391 e. The van der Waals surface area contributed by atoms with E-state index < -0.39 is 51.6 Å². The molecule has 0 saturated heterocycles. The van der Waals surface area contributed by atoms with Crippen molar-refractivity contribution in [3.05, 3.63) is 44.3 Å². The number of allylic oxidation sites excluding steroid dienone is 4. The Bertz CT molecular complexity index is 818. The van der Waals surface area contributed by atoms with Gasteiger partial charge >= 0.3 is 17.8 Å². The molecule has 148 valence electrons. The van der Waals surface area contributed by atoms with Crippen LogP contribution in [0.15, 0.2) is 44.3 Å². The quantitative estimate of drug-likeness (QED) is 0.645. The Balaban J connectivity index is 2.16. The number of hydrogen-bond acceptors (Lipinski definition) is 4. The summed E-state index contributed by atoms with van der Waals surface area (Å²) in [5, 5.41) is 18.9. The summed E-state index contributed by atoms with van der Waals surface area (Å²) < 4.78 is 84.4. The molecule has 27 heavy (non-hydrogen) atoms. The van der Waals surface area contributed by atoms with Crippen molar-refractivity contribution >= 4 is 23.5 Å². The van der Waals surface area contributed by atoms with Gasteiger partial charge in [-0.15, -0.1) is 23.5 Å². The number of hydrogen-bond donors (Lipinski definition) is 2. The fourth-order valence-electron chi connectivity index (χ4n) is 4.21. The molecule has 4 rings (SSSR count). The molecule has 2 aliphatic heterocycles. The van der Waals surface area contributed by atoms with Crippen molar-refractivity contribution in [2.75, 3.05) is 13.2 Å². The van der Waals surface area contributed by atoms with Crippen LogP contribution in [0.5, 0.6) is 0 Å². The Labute approximate surface area is 159 Å². The molecule has 2 atom stereocenters. The SMILES string of the molecule is CC12SC(CO)=CC1=C1C(=C3C=C(CO)SC32C)C(F)(F)C(F)(F)C1(F)F. The van der Waals surface area contributed by atoms with E-state index in [0.29, 0.717) is 0 Å². The van der Waals surface area contributed by atoms with Gasteiger partial charge < -0.3 is 10.2 Å². The summed E-state index contributed by atoms with van der Waals surface area (Å²) in [5.41, 5.74) is -3.36. The summed E-state index contributed by atoms with van der Waals surface area (Å²) in [4.78, 5) is 0.461. The summed E-state index contributed by atoms with van der Waals surface area (Å²) in [6, 6.07) is 0. The Morgan fingerprint density at radius 2 is 1.07 bits per heavy atom. The Kier molecular flexibility index (Phi) is 3.75. The van der Waals surface area contributed by atoms with E-state index in [0.717, 1.165) is 35.7 Å². The molecule has 2 aliphatic carbocycles. The Morgan fingerprint density at radius 3 is 1.37 bits per heavy atom. The van der Waals surface area contributed by atoms with Crippen LogP contribution in [0.3, 0.4) is 0 Å². The third kappa shape index (κ3) is 1.91. The summed E-state index contributed by atoms with van der Waals surface area (Å²) in [5.74, 6) is -15.7. The van der Waals surface area contributed by atoms with Gasteiger partial charge in [-0.05, 0) is 37.1 Å². The molecule has 0 amide bonds. The van der Waals surface area contributed by atoms with Gasteiger partial charge in [-0.1, -0.05) is 0 Å². The standard InChI is InChI=1S/C17H14F6O2S2/c1-13-9(3-7(5-24)26-13)11-12(10-4-8(6-25)27-14(10,13)2)16(20,21)17(22,23)15(11,18)19/h3-4,24-25H,5-6H2,1-2H3. The predicted molar refractivity (Wildman–Crippen MR) is 91.2 cm³/mol. The van der Waals surface area contributed by atoms with Crippen LogP contribution < -0.4 is 0 Å². The van der Waals surface area contributed by atoms with Crippen LogP contribution in [0.4, 0.5) is 26.3 Å². The summed E-state index contributed by atoms with van der Waals surface area (Å²) in [7, 11) is 0. The second-order valence-corrected chi connectivity index (χ2v) is 10.2. The molecule has 0 bridgehead atoms. The van der Waals surface area contributed by atoms with E-state index in [9.17, 15) is 36.6 Å². The first-order valence-corrected chi connectivity index (χ1v) is 9.58. The Morgan fingerprint density at radius 1 is 0.741 bits per heavy atom. The lowest BCUT2D eigenvalue weighted by molar-refractivity contribution is -0.258. The molecule has 0 aromatic rings. The number of fused-ring (bicyclic) bond motifs is 4. The van der Waals surface area contributed by atoms with Gasteiger partial charge in [0, 0.05) is 21.0 Å². The van der Waals surface area contributed by atoms with E-state index >= 15 is 0 Å². The first-order valence-electron chi connectivity index (χ1n) is 7.94. The summed E-state index contributed by atoms with van der Waals surface area (Å²) >= 11 is 1.99. The smallest absolute Gasteiger partial charge is 0.380 e. The second kappa shape index (κ2) is 5.20. The van der Waals surface area contributed by atoms with Crippen molar-refractivity contribution in [1.82, 2.24) is 0 Å². The van der Waals surface area contributed by atoms with Crippen molar-refractivity contribution in [1.29, 1.82) is 0 Å². The number of halogens is 6. The lowest BCUT2D eigenvalue weighted by atomic mass is 9.71. The van der Waals surface area contributed by atoms with Crippen LogP contribution in [0.2, 0.25) is 0 Å². The van der Waals surface area contributed by atoms with Crippen molar-refractivity contribution < 1.29 is 36.6 Å². The van der Waals surface area contributed by atoms with Crippen molar-refractivity contribution in [2.24, 2.45) is 0 Å². The molecule has 4 aliphatic rings. The fourth-order valence-corrected chi connectivity index (χ4v) is 7.14. The first kappa shape index (κ1) is 19.5. The number of aliphatic hydroxyl groups excluding tert-OH is 2. The van der Waals surface area contributed by atoms with Gasteiger partial charge in [0.2, 0.25) is 0 Å². The molecule has 1 fully saturated rings. The zero-order chi connectivity index (χ0) is 20.2. The molecule has 0 radical (unpaired) electrons. The van der Waals surface area contributed by atoms with Gasteiger partial charge in [0.25, 0.3) is 0 Å². The molecule has 2 nitrogen and oxygen atoms in total. The van der Waals surface area contributed by atoms with Crippen LogP contribution in [-0.2, 0) is 0 Å². The molecule has 10 heteroatoms. The topological polar surface area (TPSA) is 40.5 Å². The number of thioether (sulfide) groups is 2. The first-order chi connectivity index (χ1) is 12.3. The number of rotatable bonds is 2. The average molecular weight is 428 g/mol. The van der Waals surface area contributed by atoms with Crippen LogP contribution in [0.25, 0.3) is 0 Å². The molecule has 2 unspecified atom stereocenters. The maximum Gasteiger partial charge on any atom is 0.380 e. The molecule has 1 saturated carbocycles. The van der Waals surface area contributed by atoms with Gasteiger partial charge in [-0.2, -0.15) is 26.3 Å². The third-order valence-electron chi connectivity index (χ3n) is 5.74. The lowest BCUT2D eigenvalue weighted by Gasteiger charge is -2.47. The Hall–Kier alpha value is -0.840. The highest BCUT2D eigenvalue weighted by Crippen LogP contribution is 2.73. The number of alkyl halides is 6. The average Bonchev–Trinajstić information content (AvgIpc) is 3.13. The second-order valence-electron chi connectivity index (χ2n) is 7.11. The largest absolute Gasteiger partial charge is 0.391 e. The summed E-state index contributed by atoms with van der Waals surface area (Å²) in [6.45, 7) is 1.98. The molecular formula is C17H14F6O2S2. The van der Waals surface area contributed by atoms with Gasteiger partial charge in [-0.25, -0.2) is 0 Å². The van der Waals surface area contributed by atoms with Crippen molar-refractivity contribution in [3.8, 4) is 0 Å². The molecule has 0 spiro atoms. The minimum absolute atomic E-state index is 0.231. The third-order valence-corrected chi connectivity index (χ3v) is 8.96. The zero-order valence-electron chi connectivity index (χ0n) is 14.0.